The maximum absolute atomic E-state index is 13.4. The van der Waals surface area contributed by atoms with Crippen LogP contribution in [0.15, 0.2) is 58.8 Å². The molecule has 2 aromatic rings. The number of halogens is 2. The fourth-order valence-corrected chi connectivity index (χ4v) is 5.02. The summed E-state index contributed by atoms with van der Waals surface area (Å²) in [6, 6.07) is 8.69. The second-order valence-corrected chi connectivity index (χ2v) is 9.54. The zero-order valence-electron chi connectivity index (χ0n) is 15.8. The highest BCUT2D eigenvalue weighted by molar-refractivity contribution is 7.89. The Balaban J connectivity index is 1.38. The minimum atomic E-state index is -3.61. The van der Waals surface area contributed by atoms with Crippen molar-refractivity contribution in [3.63, 3.8) is 0 Å². The van der Waals surface area contributed by atoms with Crippen molar-refractivity contribution in [3.8, 4) is 0 Å². The molecule has 1 aromatic heterocycles. The number of aliphatic hydroxyl groups is 1. The van der Waals surface area contributed by atoms with Gasteiger partial charge >= 0.3 is 0 Å². The van der Waals surface area contributed by atoms with Gasteiger partial charge in [-0.15, -0.1) is 0 Å². The number of aromatic nitrogens is 1. The fraction of sp³-hybridized carbons (Fsp3) is 0.300. The van der Waals surface area contributed by atoms with Crippen molar-refractivity contribution in [2.75, 3.05) is 32.8 Å². The van der Waals surface area contributed by atoms with Gasteiger partial charge in [-0.05, 0) is 41.0 Å². The van der Waals surface area contributed by atoms with E-state index in [1.807, 2.05) is 0 Å². The molecule has 7 nitrogen and oxygen atoms in total. The Labute approximate surface area is 178 Å². The third kappa shape index (κ3) is 3.74. The van der Waals surface area contributed by atoms with Crippen molar-refractivity contribution in [2.24, 2.45) is 0 Å². The normalized spacial score (nSPS) is 18.0. The summed E-state index contributed by atoms with van der Waals surface area (Å²) in [5.41, 5.74) is 2.46. The van der Waals surface area contributed by atoms with Crippen LogP contribution in [0.3, 0.4) is 0 Å². The molecule has 0 bridgehead atoms. The van der Waals surface area contributed by atoms with Gasteiger partial charge in [0.25, 0.3) is 10.0 Å². The number of sulfonamides is 1. The molecule has 158 valence electrons. The summed E-state index contributed by atoms with van der Waals surface area (Å²) in [4.78, 5) is 18.2. The molecule has 1 amide bonds. The van der Waals surface area contributed by atoms with Crippen molar-refractivity contribution < 1.29 is 22.7 Å². The van der Waals surface area contributed by atoms with Crippen molar-refractivity contribution >= 4 is 27.5 Å². The molecule has 1 N–H and O–H groups in total. The first-order chi connectivity index (χ1) is 14.3. The molecule has 0 radical (unpaired) electrons. The second kappa shape index (κ2) is 8.07. The molecule has 0 unspecified atom stereocenters. The topological polar surface area (TPSA) is 90.8 Å². The quantitative estimate of drug-likeness (QED) is 0.700. The van der Waals surface area contributed by atoms with Crippen LogP contribution in [0, 0.1) is 5.82 Å². The van der Waals surface area contributed by atoms with Crippen molar-refractivity contribution in [2.45, 2.75) is 10.9 Å². The van der Waals surface area contributed by atoms with E-state index in [1.165, 1.54) is 34.8 Å². The molecule has 1 atom stereocenters. The lowest BCUT2D eigenvalue weighted by Crippen LogP contribution is -2.52. The second-order valence-electron chi connectivity index (χ2n) is 7.25. The highest BCUT2D eigenvalue weighted by Gasteiger charge is 2.39. The highest BCUT2D eigenvalue weighted by atomic mass is 35.5. The van der Waals surface area contributed by atoms with Crippen LogP contribution in [0.25, 0.3) is 0 Å². The average Bonchev–Trinajstić information content (AvgIpc) is 2.66. The SMILES string of the molecule is O=C([C@@H](CO)c1ccc(F)c(Cl)c1)N1CC(=C2CN(S(=O)(=O)c3ccccn3)C2)C1. The van der Waals surface area contributed by atoms with E-state index in [4.69, 9.17) is 11.6 Å². The molecule has 2 aliphatic heterocycles. The fourth-order valence-electron chi connectivity index (χ4n) is 3.47. The number of carbonyl (C=O) groups is 1. The van der Waals surface area contributed by atoms with Gasteiger partial charge in [0.05, 0.1) is 17.5 Å². The number of rotatable bonds is 5. The molecular formula is C20H19ClFN3O4S. The third-order valence-corrected chi connectivity index (χ3v) is 7.38. The van der Waals surface area contributed by atoms with E-state index in [0.29, 0.717) is 18.7 Å². The van der Waals surface area contributed by atoms with Crippen LogP contribution in [-0.2, 0) is 14.8 Å². The van der Waals surface area contributed by atoms with Crippen LogP contribution in [-0.4, -0.2) is 66.4 Å². The molecule has 0 aliphatic carbocycles. The van der Waals surface area contributed by atoms with E-state index in [2.05, 4.69) is 4.98 Å². The first kappa shape index (κ1) is 20.9. The summed E-state index contributed by atoms with van der Waals surface area (Å²) in [5, 5.41) is 9.58. The monoisotopic (exact) mass is 451 g/mol. The maximum atomic E-state index is 13.4. The standard InChI is InChI=1S/C20H19ClFN3O4S/c21-17-7-13(4-5-18(17)22)16(12-26)20(27)24-8-14(9-24)15-10-25(11-15)30(28,29)19-3-1-2-6-23-19/h1-7,16,26H,8-12H2/t16-/m0/s1. The van der Waals surface area contributed by atoms with Crippen LogP contribution in [0.4, 0.5) is 4.39 Å². The van der Waals surface area contributed by atoms with E-state index in [1.54, 1.807) is 17.0 Å². The number of benzene rings is 1. The zero-order valence-corrected chi connectivity index (χ0v) is 17.4. The molecule has 4 rings (SSSR count). The molecule has 2 fully saturated rings. The van der Waals surface area contributed by atoms with Gasteiger partial charge in [-0.3, -0.25) is 4.79 Å². The van der Waals surface area contributed by atoms with Gasteiger partial charge in [0.2, 0.25) is 5.91 Å². The van der Waals surface area contributed by atoms with Crippen LogP contribution >= 0.6 is 11.6 Å². The van der Waals surface area contributed by atoms with Gasteiger partial charge in [0.1, 0.15) is 5.82 Å². The first-order valence-corrected chi connectivity index (χ1v) is 11.1. The zero-order chi connectivity index (χ0) is 21.5. The summed E-state index contributed by atoms with van der Waals surface area (Å²) < 4.78 is 39.7. The van der Waals surface area contributed by atoms with Crippen LogP contribution < -0.4 is 0 Å². The highest BCUT2D eigenvalue weighted by Crippen LogP contribution is 2.32. The molecule has 0 saturated carbocycles. The maximum Gasteiger partial charge on any atom is 0.261 e. The number of amides is 1. The van der Waals surface area contributed by atoms with Crippen LogP contribution in [0.5, 0.6) is 0 Å². The molecule has 0 spiro atoms. The van der Waals surface area contributed by atoms with E-state index >= 15 is 0 Å². The van der Waals surface area contributed by atoms with Gasteiger partial charge in [-0.25, -0.2) is 17.8 Å². The first-order valence-electron chi connectivity index (χ1n) is 9.27. The summed E-state index contributed by atoms with van der Waals surface area (Å²) in [5.74, 6) is -1.69. The number of pyridine rings is 1. The Bertz CT molecular complexity index is 1110. The van der Waals surface area contributed by atoms with Gasteiger partial charge in [-0.1, -0.05) is 23.7 Å². The van der Waals surface area contributed by atoms with E-state index < -0.39 is 28.4 Å². The molecule has 2 aliphatic rings. The summed E-state index contributed by atoms with van der Waals surface area (Å²) in [6.45, 7) is 0.925. The van der Waals surface area contributed by atoms with Crippen molar-refractivity contribution in [3.05, 3.63) is 70.1 Å². The minimum absolute atomic E-state index is 0.0169. The van der Waals surface area contributed by atoms with Gasteiger partial charge in [-0.2, -0.15) is 4.31 Å². The number of aliphatic hydroxyl groups excluding tert-OH is 1. The van der Waals surface area contributed by atoms with Gasteiger partial charge in [0, 0.05) is 32.4 Å². The number of hydrogen-bond donors (Lipinski definition) is 1. The number of likely N-dealkylation sites (tertiary alicyclic amines) is 1. The molecule has 3 heterocycles. The summed E-state index contributed by atoms with van der Waals surface area (Å²) in [6.07, 6.45) is 1.44. The van der Waals surface area contributed by atoms with Crippen molar-refractivity contribution in [1.82, 2.24) is 14.2 Å². The van der Waals surface area contributed by atoms with E-state index in [-0.39, 0.29) is 29.0 Å². The predicted molar refractivity (Wildman–Crippen MR) is 108 cm³/mol. The van der Waals surface area contributed by atoms with Crippen LogP contribution in [0.1, 0.15) is 11.5 Å². The molecule has 10 heteroatoms. The largest absolute Gasteiger partial charge is 0.395 e. The Kier molecular flexibility index (Phi) is 5.63. The lowest BCUT2D eigenvalue weighted by molar-refractivity contribution is -0.135. The Morgan fingerprint density at radius 3 is 2.47 bits per heavy atom. The average molecular weight is 452 g/mol. The summed E-state index contributed by atoms with van der Waals surface area (Å²) in [7, 11) is -3.61. The Hall–Kier alpha value is -2.33. The van der Waals surface area contributed by atoms with Crippen LogP contribution in [0.2, 0.25) is 5.02 Å². The minimum Gasteiger partial charge on any atom is -0.395 e. The number of carbonyl (C=O) groups excluding carboxylic acids is 1. The molecule has 1 aromatic carbocycles. The molecule has 2 saturated heterocycles. The third-order valence-electron chi connectivity index (χ3n) is 5.38. The van der Waals surface area contributed by atoms with Crippen molar-refractivity contribution in [1.29, 1.82) is 0 Å². The predicted octanol–water partition coefficient (Wildman–Crippen LogP) is 1.79. The lowest BCUT2D eigenvalue weighted by atomic mass is 9.92. The smallest absolute Gasteiger partial charge is 0.261 e. The summed E-state index contributed by atoms with van der Waals surface area (Å²) >= 11 is 5.79. The number of nitrogens with zero attached hydrogens (tertiary/aromatic N) is 3. The molecular weight excluding hydrogens is 433 g/mol. The van der Waals surface area contributed by atoms with E-state index in [9.17, 15) is 22.7 Å². The van der Waals surface area contributed by atoms with Gasteiger partial charge < -0.3 is 10.0 Å². The van der Waals surface area contributed by atoms with E-state index in [0.717, 1.165) is 11.1 Å². The molecule has 30 heavy (non-hydrogen) atoms. The lowest BCUT2D eigenvalue weighted by Gasteiger charge is -2.42. The number of hydrogen-bond acceptors (Lipinski definition) is 5. The Morgan fingerprint density at radius 1 is 1.17 bits per heavy atom. The van der Waals surface area contributed by atoms with Gasteiger partial charge in [0.15, 0.2) is 5.03 Å². The Morgan fingerprint density at radius 2 is 1.87 bits per heavy atom.